The monoisotopic (exact) mass is 401 g/mol. The maximum absolute atomic E-state index is 5.40. The standard InChI is InChI=1S/C14H31N3O2.HI/c1-6-15-14(17-13(4)12(2)3)16-8-7-9-19-11-10-18-5;/h12-13H,6-11H2,1-5H3,(H2,15,16,17);1H. The first-order valence-electron chi connectivity index (χ1n) is 7.23. The molecule has 5 nitrogen and oxygen atoms in total. The SMILES string of the molecule is CCNC(=NCCCOCCOC)NC(C)C(C)C.I. The molecule has 0 spiro atoms. The van der Waals surface area contributed by atoms with Gasteiger partial charge in [-0.25, -0.2) is 0 Å². The van der Waals surface area contributed by atoms with Crippen LogP contribution in [0.25, 0.3) is 0 Å². The zero-order chi connectivity index (χ0) is 14.5. The minimum absolute atomic E-state index is 0. The van der Waals surface area contributed by atoms with Gasteiger partial charge in [0.05, 0.1) is 13.2 Å². The zero-order valence-corrected chi connectivity index (χ0v) is 15.9. The minimum atomic E-state index is 0. The average molecular weight is 401 g/mol. The quantitative estimate of drug-likeness (QED) is 0.255. The number of hydrogen-bond acceptors (Lipinski definition) is 3. The Bertz CT molecular complexity index is 238. The van der Waals surface area contributed by atoms with E-state index >= 15 is 0 Å². The van der Waals surface area contributed by atoms with Gasteiger partial charge in [0.25, 0.3) is 0 Å². The molecule has 1 atom stereocenters. The van der Waals surface area contributed by atoms with E-state index in [-0.39, 0.29) is 24.0 Å². The lowest BCUT2D eigenvalue weighted by Gasteiger charge is -2.20. The molecule has 0 radical (unpaired) electrons. The van der Waals surface area contributed by atoms with Gasteiger partial charge in [-0.3, -0.25) is 4.99 Å². The number of ether oxygens (including phenoxy) is 2. The Balaban J connectivity index is 0. The van der Waals surface area contributed by atoms with Crippen LogP contribution < -0.4 is 10.6 Å². The number of aliphatic imine (C=N–C) groups is 1. The van der Waals surface area contributed by atoms with Gasteiger partial charge in [-0.2, -0.15) is 0 Å². The van der Waals surface area contributed by atoms with Crippen molar-refractivity contribution in [1.29, 1.82) is 0 Å². The first-order chi connectivity index (χ1) is 9.11. The predicted octanol–water partition coefficient (Wildman–Crippen LogP) is 2.26. The molecule has 0 aliphatic carbocycles. The molecule has 0 aromatic carbocycles. The normalized spacial score (nSPS) is 13.0. The third-order valence-electron chi connectivity index (χ3n) is 2.86. The highest BCUT2D eigenvalue weighted by atomic mass is 127. The molecule has 0 aliphatic rings. The molecule has 0 saturated carbocycles. The van der Waals surface area contributed by atoms with Crippen molar-refractivity contribution in [2.24, 2.45) is 10.9 Å². The van der Waals surface area contributed by atoms with Gasteiger partial charge in [0.1, 0.15) is 0 Å². The number of nitrogens with one attached hydrogen (secondary N) is 2. The molecule has 0 bridgehead atoms. The van der Waals surface area contributed by atoms with E-state index in [4.69, 9.17) is 9.47 Å². The van der Waals surface area contributed by atoms with Crippen molar-refractivity contribution < 1.29 is 9.47 Å². The highest BCUT2D eigenvalue weighted by Gasteiger charge is 2.08. The van der Waals surface area contributed by atoms with Crippen molar-refractivity contribution in [3.05, 3.63) is 0 Å². The summed E-state index contributed by atoms with van der Waals surface area (Å²) in [4.78, 5) is 4.54. The van der Waals surface area contributed by atoms with E-state index in [9.17, 15) is 0 Å². The Hall–Kier alpha value is -0.0800. The maximum atomic E-state index is 5.40. The van der Waals surface area contributed by atoms with Crippen molar-refractivity contribution in [2.75, 3.05) is 40.0 Å². The molecule has 0 saturated heterocycles. The molecule has 0 aliphatic heterocycles. The van der Waals surface area contributed by atoms with Crippen LogP contribution in [0.15, 0.2) is 4.99 Å². The molecule has 2 N–H and O–H groups in total. The van der Waals surface area contributed by atoms with Gasteiger partial charge in [0.2, 0.25) is 0 Å². The molecule has 122 valence electrons. The summed E-state index contributed by atoms with van der Waals surface area (Å²) in [5.41, 5.74) is 0. The van der Waals surface area contributed by atoms with Crippen LogP contribution in [0.2, 0.25) is 0 Å². The fourth-order valence-electron chi connectivity index (χ4n) is 1.30. The summed E-state index contributed by atoms with van der Waals surface area (Å²) in [6.07, 6.45) is 0.927. The van der Waals surface area contributed by atoms with Gasteiger partial charge in [-0.1, -0.05) is 13.8 Å². The topological polar surface area (TPSA) is 54.9 Å². The van der Waals surface area contributed by atoms with Crippen molar-refractivity contribution >= 4 is 29.9 Å². The summed E-state index contributed by atoms with van der Waals surface area (Å²) in [5.74, 6) is 1.47. The maximum Gasteiger partial charge on any atom is 0.191 e. The van der Waals surface area contributed by atoms with E-state index in [1.807, 2.05) is 0 Å². The van der Waals surface area contributed by atoms with E-state index in [0.29, 0.717) is 25.2 Å². The number of methoxy groups -OCH3 is 1. The van der Waals surface area contributed by atoms with Crippen LogP contribution >= 0.6 is 24.0 Å². The molecule has 1 unspecified atom stereocenters. The minimum Gasteiger partial charge on any atom is -0.382 e. The smallest absolute Gasteiger partial charge is 0.191 e. The molecule has 0 rings (SSSR count). The Kier molecular flexibility index (Phi) is 17.0. The lowest BCUT2D eigenvalue weighted by Crippen LogP contribution is -2.44. The Labute approximate surface area is 141 Å². The highest BCUT2D eigenvalue weighted by Crippen LogP contribution is 1.99. The first kappa shape index (κ1) is 22.2. The van der Waals surface area contributed by atoms with E-state index in [1.165, 1.54) is 0 Å². The highest BCUT2D eigenvalue weighted by molar-refractivity contribution is 14.0. The van der Waals surface area contributed by atoms with Gasteiger partial charge in [0, 0.05) is 32.8 Å². The molecular weight excluding hydrogens is 369 g/mol. The molecule has 6 heteroatoms. The Morgan fingerprint density at radius 1 is 1.15 bits per heavy atom. The van der Waals surface area contributed by atoms with Crippen molar-refractivity contribution in [3.63, 3.8) is 0 Å². The van der Waals surface area contributed by atoms with E-state index in [0.717, 1.165) is 32.1 Å². The lowest BCUT2D eigenvalue weighted by atomic mass is 10.1. The van der Waals surface area contributed by atoms with Gasteiger partial charge in [-0.15, -0.1) is 24.0 Å². The predicted molar refractivity (Wildman–Crippen MR) is 96.1 cm³/mol. The van der Waals surface area contributed by atoms with Crippen molar-refractivity contribution in [3.8, 4) is 0 Å². The van der Waals surface area contributed by atoms with E-state index in [1.54, 1.807) is 7.11 Å². The number of nitrogens with zero attached hydrogens (tertiary/aromatic N) is 1. The summed E-state index contributed by atoms with van der Waals surface area (Å²) in [5, 5.41) is 6.66. The van der Waals surface area contributed by atoms with Crippen molar-refractivity contribution in [2.45, 2.75) is 40.2 Å². The second kappa shape index (κ2) is 15.3. The fourth-order valence-corrected chi connectivity index (χ4v) is 1.30. The zero-order valence-electron chi connectivity index (χ0n) is 13.6. The summed E-state index contributed by atoms with van der Waals surface area (Å²) in [7, 11) is 1.68. The van der Waals surface area contributed by atoms with Crippen LogP contribution in [0, 0.1) is 5.92 Å². The summed E-state index contributed by atoms with van der Waals surface area (Å²) in [6, 6.07) is 0.413. The van der Waals surface area contributed by atoms with Gasteiger partial charge in [0.15, 0.2) is 5.96 Å². The molecule has 0 heterocycles. The van der Waals surface area contributed by atoms with Crippen LogP contribution in [0.3, 0.4) is 0 Å². The van der Waals surface area contributed by atoms with Gasteiger partial charge >= 0.3 is 0 Å². The number of hydrogen-bond donors (Lipinski definition) is 2. The van der Waals surface area contributed by atoms with Gasteiger partial charge in [-0.05, 0) is 26.2 Å². The summed E-state index contributed by atoms with van der Waals surface area (Å²) in [6.45, 7) is 12.3. The molecule has 0 fully saturated rings. The number of guanidine groups is 1. The van der Waals surface area contributed by atoms with Gasteiger partial charge < -0.3 is 20.1 Å². The summed E-state index contributed by atoms with van der Waals surface area (Å²) < 4.78 is 10.3. The fraction of sp³-hybridized carbons (Fsp3) is 0.929. The molecular formula is C14H32IN3O2. The largest absolute Gasteiger partial charge is 0.382 e. The van der Waals surface area contributed by atoms with Crippen LogP contribution in [-0.4, -0.2) is 52.0 Å². The lowest BCUT2D eigenvalue weighted by molar-refractivity contribution is 0.0702. The third kappa shape index (κ3) is 12.9. The molecule has 20 heavy (non-hydrogen) atoms. The molecule has 0 aromatic rings. The van der Waals surface area contributed by atoms with E-state index in [2.05, 4.69) is 43.3 Å². The first-order valence-corrected chi connectivity index (χ1v) is 7.23. The van der Waals surface area contributed by atoms with Crippen LogP contribution in [0.1, 0.15) is 34.1 Å². The second-order valence-corrected chi connectivity index (χ2v) is 4.90. The van der Waals surface area contributed by atoms with Crippen LogP contribution in [0.4, 0.5) is 0 Å². The third-order valence-corrected chi connectivity index (χ3v) is 2.86. The number of rotatable bonds is 10. The Morgan fingerprint density at radius 2 is 1.85 bits per heavy atom. The summed E-state index contributed by atoms with van der Waals surface area (Å²) >= 11 is 0. The average Bonchev–Trinajstić information content (AvgIpc) is 2.37. The van der Waals surface area contributed by atoms with Crippen LogP contribution in [-0.2, 0) is 9.47 Å². The van der Waals surface area contributed by atoms with E-state index < -0.39 is 0 Å². The second-order valence-electron chi connectivity index (χ2n) is 4.90. The molecule has 0 aromatic heterocycles. The Morgan fingerprint density at radius 3 is 2.40 bits per heavy atom. The molecule has 0 amide bonds. The van der Waals surface area contributed by atoms with Crippen molar-refractivity contribution in [1.82, 2.24) is 10.6 Å². The van der Waals surface area contributed by atoms with Crippen LogP contribution in [0.5, 0.6) is 0 Å². The number of halogens is 1.